The van der Waals surface area contributed by atoms with E-state index in [0.29, 0.717) is 5.75 Å². The number of amides is 1. The third kappa shape index (κ3) is 3.74. The second kappa shape index (κ2) is 6.60. The molecule has 0 unspecified atom stereocenters. The first-order chi connectivity index (χ1) is 11.2. The first-order valence-corrected chi connectivity index (χ1v) is 7.59. The summed E-state index contributed by atoms with van der Waals surface area (Å²) in [5, 5.41) is 6.22. The van der Waals surface area contributed by atoms with Crippen LogP contribution in [0, 0.1) is 5.92 Å². The van der Waals surface area contributed by atoms with Crippen LogP contribution in [0.5, 0.6) is 11.5 Å². The summed E-state index contributed by atoms with van der Waals surface area (Å²) >= 11 is 0. The van der Waals surface area contributed by atoms with Crippen molar-refractivity contribution in [2.24, 2.45) is 5.92 Å². The quantitative estimate of drug-likeness (QED) is 0.852. The maximum atomic E-state index is 11.7. The van der Waals surface area contributed by atoms with Gasteiger partial charge in [-0.05, 0) is 49.2 Å². The number of carbonyl (C=O) groups is 1. The summed E-state index contributed by atoms with van der Waals surface area (Å²) in [7, 11) is 3.24. The van der Waals surface area contributed by atoms with Gasteiger partial charge in [-0.2, -0.15) is 0 Å². The molecule has 0 spiro atoms. The van der Waals surface area contributed by atoms with Crippen LogP contribution in [0.1, 0.15) is 12.8 Å². The van der Waals surface area contributed by atoms with Gasteiger partial charge in [0, 0.05) is 23.4 Å². The largest absolute Gasteiger partial charge is 0.497 e. The highest BCUT2D eigenvalue weighted by atomic mass is 16.5. The van der Waals surface area contributed by atoms with Crippen LogP contribution in [0.3, 0.4) is 0 Å². The molecule has 2 N–H and O–H groups in total. The second-order valence-corrected chi connectivity index (χ2v) is 5.53. The molecule has 5 heteroatoms. The molecule has 23 heavy (non-hydrogen) atoms. The molecule has 5 nitrogen and oxygen atoms in total. The molecule has 0 bridgehead atoms. The van der Waals surface area contributed by atoms with E-state index in [2.05, 4.69) is 10.6 Å². The minimum atomic E-state index is 0.113. The fraction of sp³-hybridized carbons (Fsp3) is 0.278. The Morgan fingerprint density at radius 1 is 1.00 bits per heavy atom. The van der Waals surface area contributed by atoms with Gasteiger partial charge < -0.3 is 20.1 Å². The Balaban J connectivity index is 1.69. The number of anilines is 3. The van der Waals surface area contributed by atoms with Crippen molar-refractivity contribution in [1.29, 1.82) is 0 Å². The molecule has 1 aliphatic rings. The molecule has 2 aromatic carbocycles. The number of hydrogen-bond donors (Lipinski definition) is 2. The molecule has 1 amide bonds. The smallest absolute Gasteiger partial charge is 0.227 e. The van der Waals surface area contributed by atoms with Gasteiger partial charge in [0.05, 0.1) is 19.9 Å². The molecular weight excluding hydrogens is 292 g/mol. The van der Waals surface area contributed by atoms with Gasteiger partial charge in [0.1, 0.15) is 11.5 Å². The fourth-order valence-electron chi connectivity index (χ4n) is 2.28. The van der Waals surface area contributed by atoms with E-state index in [1.165, 1.54) is 0 Å². The van der Waals surface area contributed by atoms with Crippen molar-refractivity contribution >= 4 is 23.0 Å². The number of carbonyl (C=O) groups excluding carboxylic acids is 1. The lowest BCUT2D eigenvalue weighted by atomic mass is 10.2. The zero-order valence-corrected chi connectivity index (χ0v) is 13.3. The summed E-state index contributed by atoms with van der Waals surface area (Å²) in [6, 6.07) is 13.2. The molecule has 1 aliphatic carbocycles. The Labute approximate surface area is 135 Å². The lowest BCUT2D eigenvalue weighted by Crippen LogP contribution is -2.13. The number of methoxy groups -OCH3 is 2. The molecule has 0 saturated heterocycles. The summed E-state index contributed by atoms with van der Waals surface area (Å²) in [5.74, 6) is 1.76. The first kappa shape index (κ1) is 15.2. The highest BCUT2D eigenvalue weighted by molar-refractivity contribution is 5.94. The summed E-state index contributed by atoms with van der Waals surface area (Å²) in [5.41, 5.74) is 2.58. The molecule has 3 rings (SSSR count). The summed E-state index contributed by atoms with van der Waals surface area (Å²) in [4.78, 5) is 11.7. The van der Waals surface area contributed by atoms with Crippen LogP contribution < -0.4 is 20.1 Å². The molecule has 0 aliphatic heterocycles. The van der Waals surface area contributed by atoms with Crippen molar-refractivity contribution in [3.8, 4) is 11.5 Å². The van der Waals surface area contributed by atoms with Crippen LogP contribution in [0.25, 0.3) is 0 Å². The first-order valence-electron chi connectivity index (χ1n) is 7.59. The van der Waals surface area contributed by atoms with Crippen LogP contribution in [0.2, 0.25) is 0 Å². The van der Waals surface area contributed by atoms with Gasteiger partial charge in [-0.3, -0.25) is 4.79 Å². The molecule has 1 fully saturated rings. The van der Waals surface area contributed by atoms with Gasteiger partial charge >= 0.3 is 0 Å². The van der Waals surface area contributed by atoms with Gasteiger partial charge in [-0.25, -0.2) is 0 Å². The zero-order valence-electron chi connectivity index (χ0n) is 13.3. The van der Waals surface area contributed by atoms with Gasteiger partial charge in [-0.1, -0.05) is 0 Å². The van der Waals surface area contributed by atoms with Crippen molar-refractivity contribution in [1.82, 2.24) is 0 Å². The molecule has 0 aromatic heterocycles. The Morgan fingerprint density at radius 2 is 1.70 bits per heavy atom. The topological polar surface area (TPSA) is 59.6 Å². The van der Waals surface area contributed by atoms with Crippen molar-refractivity contribution in [2.45, 2.75) is 12.8 Å². The number of hydrogen-bond acceptors (Lipinski definition) is 4. The molecular formula is C18H20N2O3. The average Bonchev–Trinajstić information content (AvgIpc) is 3.42. The lowest BCUT2D eigenvalue weighted by Gasteiger charge is -2.13. The molecule has 0 atom stereocenters. The SMILES string of the molecule is COc1ccc(Nc2ccc(NC(=O)C3CC3)cc2)c(OC)c1. The number of benzene rings is 2. The van der Waals surface area contributed by atoms with E-state index < -0.39 is 0 Å². The second-order valence-electron chi connectivity index (χ2n) is 5.53. The van der Waals surface area contributed by atoms with Crippen molar-refractivity contribution in [3.05, 3.63) is 42.5 Å². The highest BCUT2D eigenvalue weighted by Crippen LogP contribution is 2.32. The molecule has 0 radical (unpaired) electrons. The van der Waals surface area contributed by atoms with E-state index >= 15 is 0 Å². The Bertz CT molecular complexity index is 694. The van der Waals surface area contributed by atoms with Gasteiger partial charge in [0.2, 0.25) is 5.91 Å². The van der Waals surface area contributed by atoms with E-state index in [1.807, 2.05) is 42.5 Å². The van der Waals surface area contributed by atoms with Gasteiger partial charge in [0.25, 0.3) is 0 Å². The minimum Gasteiger partial charge on any atom is -0.497 e. The highest BCUT2D eigenvalue weighted by Gasteiger charge is 2.29. The van der Waals surface area contributed by atoms with Crippen LogP contribution in [-0.2, 0) is 4.79 Å². The lowest BCUT2D eigenvalue weighted by molar-refractivity contribution is -0.117. The average molecular weight is 312 g/mol. The monoisotopic (exact) mass is 312 g/mol. The predicted octanol–water partition coefficient (Wildman–Crippen LogP) is 3.80. The van der Waals surface area contributed by atoms with E-state index in [0.717, 1.165) is 35.7 Å². The Kier molecular flexibility index (Phi) is 4.37. The predicted molar refractivity (Wildman–Crippen MR) is 90.6 cm³/mol. The van der Waals surface area contributed by atoms with E-state index in [1.54, 1.807) is 14.2 Å². The summed E-state index contributed by atoms with van der Waals surface area (Å²) < 4.78 is 10.6. The maximum Gasteiger partial charge on any atom is 0.227 e. The maximum absolute atomic E-state index is 11.7. The third-order valence-electron chi connectivity index (χ3n) is 3.79. The van der Waals surface area contributed by atoms with Crippen LogP contribution in [0.15, 0.2) is 42.5 Å². The molecule has 2 aromatic rings. The zero-order chi connectivity index (χ0) is 16.2. The number of ether oxygens (including phenoxy) is 2. The summed E-state index contributed by atoms with van der Waals surface area (Å²) in [6.45, 7) is 0. The molecule has 0 heterocycles. The normalized spacial score (nSPS) is 13.3. The Hall–Kier alpha value is -2.69. The summed E-state index contributed by atoms with van der Waals surface area (Å²) in [6.07, 6.45) is 2.01. The molecule has 1 saturated carbocycles. The van der Waals surface area contributed by atoms with Crippen LogP contribution in [0.4, 0.5) is 17.1 Å². The van der Waals surface area contributed by atoms with E-state index in [9.17, 15) is 4.79 Å². The minimum absolute atomic E-state index is 0.113. The van der Waals surface area contributed by atoms with Crippen molar-refractivity contribution in [2.75, 3.05) is 24.9 Å². The fourth-order valence-corrected chi connectivity index (χ4v) is 2.28. The van der Waals surface area contributed by atoms with E-state index in [-0.39, 0.29) is 11.8 Å². The van der Waals surface area contributed by atoms with Crippen molar-refractivity contribution < 1.29 is 14.3 Å². The van der Waals surface area contributed by atoms with Crippen molar-refractivity contribution in [3.63, 3.8) is 0 Å². The molecule has 120 valence electrons. The number of rotatable bonds is 6. The number of nitrogens with one attached hydrogen (secondary N) is 2. The van der Waals surface area contributed by atoms with Gasteiger partial charge in [0.15, 0.2) is 0 Å². The third-order valence-corrected chi connectivity index (χ3v) is 3.79. The van der Waals surface area contributed by atoms with E-state index in [4.69, 9.17) is 9.47 Å². The van der Waals surface area contributed by atoms with Crippen LogP contribution in [-0.4, -0.2) is 20.1 Å². The van der Waals surface area contributed by atoms with Gasteiger partial charge in [-0.15, -0.1) is 0 Å². The van der Waals surface area contributed by atoms with Crippen LogP contribution >= 0.6 is 0 Å². The Morgan fingerprint density at radius 3 is 2.30 bits per heavy atom. The standard InChI is InChI=1S/C18H20N2O3/c1-22-15-9-10-16(17(11-15)23-2)19-13-5-7-14(8-6-13)20-18(21)12-3-4-12/h5-12,19H,3-4H2,1-2H3,(H,20,21).